The van der Waals surface area contributed by atoms with E-state index in [0.717, 1.165) is 25.9 Å². The molecular weight excluding hydrogens is 180 g/mol. The van der Waals surface area contributed by atoms with Crippen molar-refractivity contribution in [3.8, 4) is 0 Å². The molecule has 0 radical (unpaired) electrons. The predicted molar refractivity (Wildman–Crippen MR) is 53.7 cm³/mol. The minimum atomic E-state index is 0.0255. The number of likely N-dealkylation sites (tertiary alicyclic amines) is 1. The molecule has 0 saturated carbocycles. The molecule has 1 heterocycles. The van der Waals surface area contributed by atoms with E-state index in [1.807, 2.05) is 4.90 Å². The lowest BCUT2D eigenvalue weighted by Gasteiger charge is -2.20. The van der Waals surface area contributed by atoms with E-state index in [2.05, 4.69) is 0 Å². The Labute approximate surface area is 84.9 Å². The molecule has 0 unspecified atom stereocenters. The Morgan fingerprint density at radius 3 is 2.36 bits per heavy atom. The predicted octanol–water partition coefficient (Wildman–Crippen LogP) is 0.477. The van der Waals surface area contributed by atoms with Gasteiger partial charge in [0.2, 0.25) is 11.8 Å². The van der Waals surface area contributed by atoms with Crippen LogP contribution >= 0.6 is 0 Å². The first kappa shape index (κ1) is 11.0. The third-order valence-corrected chi connectivity index (χ3v) is 2.56. The van der Waals surface area contributed by atoms with E-state index in [1.54, 1.807) is 14.0 Å². The van der Waals surface area contributed by atoms with Crippen LogP contribution in [0.1, 0.15) is 26.2 Å². The fourth-order valence-electron chi connectivity index (χ4n) is 1.63. The van der Waals surface area contributed by atoms with Gasteiger partial charge in [-0.25, -0.2) is 0 Å². The van der Waals surface area contributed by atoms with Crippen molar-refractivity contribution in [1.82, 2.24) is 9.80 Å². The van der Waals surface area contributed by atoms with Gasteiger partial charge in [0, 0.05) is 26.6 Å². The Hall–Kier alpha value is -1.06. The molecule has 0 atom stereocenters. The average Bonchev–Trinajstić information content (AvgIpc) is 2.69. The molecule has 0 bridgehead atoms. The number of carbonyl (C=O) groups excluding carboxylic acids is 2. The van der Waals surface area contributed by atoms with Gasteiger partial charge in [-0.05, 0) is 12.8 Å². The molecule has 1 rings (SSSR count). The second-order valence-corrected chi connectivity index (χ2v) is 3.69. The number of nitrogens with zero attached hydrogens (tertiary/aromatic N) is 2. The van der Waals surface area contributed by atoms with Crippen LogP contribution < -0.4 is 0 Å². The number of amides is 2. The van der Waals surface area contributed by atoms with Gasteiger partial charge in [0.05, 0.1) is 6.54 Å². The summed E-state index contributed by atoms with van der Waals surface area (Å²) in [6, 6.07) is 0. The van der Waals surface area contributed by atoms with Crippen molar-refractivity contribution in [1.29, 1.82) is 0 Å². The molecule has 4 nitrogen and oxygen atoms in total. The van der Waals surface area contributed by atoms with Crippen molar-refractivity contribution in [2.24, 2.45) is 0 Å². The lowest BCUT2D eigenvalue weighted by Crippen LogP contribution is -2.39. The van der Waals surface area contributed by atoms with Crippen LogP contribution in [0.25, 0.3) is 0 Å². The van der Waals surface area contributed by atoms with Crippen molar-refractivity contribution < 1.29 is 9.59 Å². The van der Waals surface area contributed by atoms with Crippen molar-refractivity contribution in [3.63, 3.8) is 0 Å². The van der Waals surface area contributed by atoms with E-state index in [9.17, 15) is 9.59 Å². The zero-order chi connectivity index (χ0) is 10.6. The largest absolute Gasteiger partial charge is 0.341 e. The topological polar surface area (TPSA) is 40.6 Å². The second-order valence-electron chi connectivity index (χ2n) is 3.69. The maximum Gasteiger partial charge on any atom is 0.242 e. The minimum absolute atomic E-state index is 0.0255. The van der Waals surface area contributed by atoms with Gasteiger partial charge in [-0.1, -0.05) is 6.92 Å². The Kier molecular flexibility index (Phi) is 3.92. The number of rotatable bonds is 3. The van der Waals surface area contributed by atoms with Crippen molar-refractivity contribution >= 4 is 11.8 Å². The van der Waals surface area contributed by atoms with E-state index < -0.39 is 0 Å². The molecule has 1 saturated heterocycles. The van der Waals surface area contributed by atoms with Crippen LogP contribution in [0.3, 0.4) is 0 Å². The first-order valence-corrected chi connectivity index (χ1v) is 5.17. The second kappa shape index (κ2) is 4.98. The van der Waals surface area contributed by atoms with E-state index in [-0.39, 0.29) is 18.4 Å². The average molecular weight is 198 g/mol. The van der Waals surface area contributed by atoms with Crippen LogP contribution in [0, 0.1) is 0 Å². The van der Waals surface area contributed by atoms with Crippen LogP contribution in [0.15, 0.2) is 0 Å². The summed E-state index contributed by atoms with van der Waals surface area (Å²) in [6.07, 6.45) is 2.65. The highest BCUT2D eigenvalue weighted by atomic mass is 16.2. The van der Waals surface area contributed by atoms with E-state index >= 15 is 0 Å². The zero-order valence-electron chi connectivity index (χ0n) is 8.95. The third-order valence-electron chi connectivity index (χ3n) is 2.56. The van der Waals surface area contributed by atoms with Gasteiger partial charge in [0.15, 0.2) is 0 Å². The zero-order valence-corrected chi connectivity index (χ0v) is 8.95. The standard InChI is InChI=1S/C10H18N2O2/c1-3-9(13)11(2)8-10(14)12-6-4-5-7-12/h3-8H2,1-2H3. The smallest absolute Gasteiger partial charge is 0.242 e. The van der Waals surface area contributed by atoms with Crippen LogP contribution in [-0.2, 0) is 9.59 Å². The van der Waals surface area contributed by atoms with Gasteiger partial charge >= 0.3 is 0 Å². The molecule has 0 aromatic heterocycles. The molecule has 0 spiro atoms. The first-order valence-electron chi connectivity index (χ1n) is 5.17. The minimum Gasteiger partial charge on any atom is -0.341 e. The van der Waals surface area contributed by atoms with Crippen molar-refractivity contribution in [2.45, 2.75) is 26.2 Å². The maximum absolute atomic E-state index is 11.6. The molecule has 0 N–H and O–H groups in total. The molecule has 0 aromatic carbocycles. The van der Waals surface area contributed by atoms with Gasteiger partial charge in [0.25, 0.3) is 0 Å². The van der Waals surface area contributed by atoms with Crippen molar-refractivity contribution in [2.75, 3.05) is 26.7 Å². The van der Waals surface area contributed by atoms with Gasteiger partial charge in [-0.3, -0.25) is 9.59 Å². The van der Waals surface area contributed by atoms with Gasteiger partial charge in [0.1, 0.15) is 0 Å². The summed E-state index contributed by atoms with van der Waals surface area (Å²) in [7, 11) is 1.68. The molecule has 2 amide bonds. The number of hydrogen-bond acceptors (Lipinski definition) is 2. The molecule has 0 aliphatic carbocycles. The summed E-state index contributed by atoms with van der Waals surface area (Å²) in [5, 5.41) is 0. The molecule has 14 heavy (non-hydrogen) atoms. The fraction of sp³-hybridized carbons (Fsp3) is 0.800. The molecule has 1 aliphatic rings. The Morgan fingerprint density at radius 2 is 1.86 bits per heavy atom. The number of carbonyl (C=O) groups is 2. The van der Waals surface area contributed by atoms with Crippen LogP contribution in [0.2, 0.25) is 0 Å². The normalized spacial score (nSPS) is 15.7. The summed E-state index contributed by atoms with van der Waals surface area (Å²) in [5.74, 6) is 0.101. The lowest BCUT2D eigenvalue weighted by atomic mass is 10.4. The third kappa shape index (κ3) is 2.72. The van der Waals surface area contributed by atoms with Gasteiger partial charge < -0.3 is 9.80 Å². The van der Waals surface area contributed by atoms with E-state index in [0.29, 0.717) is 6.42 Å². The summed E-state index contributed by atoms with van der Waals surface area (Å²) >= 11 is 0. The summed E-state index contributed by atoms with van der Waals surface area (Å²) in [5.41, 5.74) is 0. The Balaban J connectivity index is 2.35. The van der Waals surface area contributed by atoms with Gasteiger partial charge in [-0.2, -0.15) is 0 Å². The van der Waals surface area contributed by atoms with E-state index in [4.69, 9.17) is 0 Å². The highest BCUT2D eigenvalue weighted by Gasteiger charge is 2.20. The molecule has 4 heteroatoms. The Bertz CT molecular complexity index is 222. The highest BCUT2D eigenvalue weighted by Crippen LogP contribution is 2.07. The molecule has 1 aliphatic heterocycles. The summed E-state index contributed by atoms with van der Waals surface area (Å²) in [4.78, 5) is 26.2. The monoisotopic (exact) mass is 198 g/mol. The lowest BCUT2D eigenvalue weighted by molar-refractivity contribution is -0.138. The number of likely N-dealkylation sites (N-methyl/N-ethyl adjacent to an activating group) is 1. The Morgan fingerprint density at radius 1 is 1.29 bits per heavy atom. The SMILES string of the molecule is CCC(=O)N(C)CC(=O)N1CCCC1. The molecule has 80 valence electrons. The summed E-state index contributed by atoms with van der Waals surface area (Å²) in [6.45, 7) is 3.74. The quantitative estimate of drug-likeness (QED) is 0.661. The maximum atomic E-state index is 11.6. The van der Waals surface area contributed by atoms with Crippen LogP contribution in [-0.4, -0.2) is 48.3 Å². The summed E-state index contributed by atoms with van der Waals surface area (Å²) < 4.78 is 0. The fourth-order valence-corrected chi connectivity index (χ4v) is 1.63. The number of hydrogen-bond donors (Lipinski definition) is 0. The van der Waals surface area contributed by atoms with Crippen LogP contribution in [0.4, 0.5) is 0 Å². The first-order chi connectivity index (χ1) is 6.65. The van der Waals surface area contributed by atoms with Crippen LogP contribution in [0.5, 0.6) is 0 Å². The van der Waals surface area contributed by atoms with Gasteiger partial charge in [-0.15, -0.1) is 0 Å². The molecule has 0 aromatic rings. The molecule has 1 fully saturated rings. The molecular formula is C10H18N2O2. The highest BCUT2D eigenvalue weighted by molar-refractivity contribution is 5.84. The van der Waals surface area contributed by atoms with Crippen molar-refractivity contribution in [3.05, 3.63) is 0 Å². The van der Waals surface area contributed by atoms with E-state index in [1.165, 1.54) is 4.90 Å².